The van der Waals surface area contributed by atoms with Gasteiger partial charge in [-0.3, -0.25) is 0 Å². The fourth-order valence-electron chi connectivity index (χ4n) is 2.21. The van der Waals surface area contributed by atoms with Gasteiger partial charge in [-0.2, -0.15) is 0 Å². The fourth-order valence-corrected chi connectivity index (χ4v) is 2.21. The second kappa shape index (κ2) is 7.26. The molecule has 4 nitrogen and oxygen atoms in total. The van der Waals surface area contributed by atoms with E-state index in [9.17, 15) is 0 Å². The van der Waals surface area contributed by atoms with Gasteiger partial charge < -0.3 is 9.74 Å². The molecule has 4 heteroatoms. The molecule has 1 aliphatic heterocycles. The van der Waals surface area contributed by atoms with Crippen LogP contribution in [0.3, 0.4) is 0 Å². The summed E-state index contributed by atoms with van der Waals surface area (Å²) in [5, 5.41) is 0. The Morgan fingerprint density at radius 3 is 2.63 bits per heavy atom. The number of nitrogens with one attached hydrogen (secondary N) is 1. The standard InChI is InChI=1S/C15H23N3O/c1-3-18(4-2)12-8-11-14-16-15(17-19-14)13-9-6-5-7-10-13/h5-7,9-10,15,17H,3-4,8,11-12H2,1-2H3. The topological polar surface area (TPSA) is 36.9 Å². The van der Waals surface area contributed by atoms with Crippen LogP contribution in [0.5, 0.6) is 0 Å². The van der Waals surface area contributed by atoms with E-state index in [0.717, 1.165) is 43.9 Å². The summed E-state index contributed by atoms with van der Waals surface area (Å²) >= 11 is 0. The van der Waals surface area contributed by atoms with Crippen LogP contribution in [-0.4, -0.2) is 30.4 Å². The Bertz CT molecular complexity index is 401. The minimum atomic E-state index is -0.0512. The van der Waals surface area contributed by atoms with Crippen LogP contribution >= 0.6 is 0 Å². The van der Waals surface area contributed by atoms with Gasteiger partial charge in [-0.1, -0.05) is 44.2 Å². The molecule has 0 spiro atoms. The number of benzene rings is 1. The first-order chi connectivity index (χ1) is 9.33. The van der Waals surface area contributed by atoms with Crippen molar-refractivity contribution >= 4 is 5.90 Å². The first-order valence-electron chi connectivity index (χ1n) is 7.09. The Labute approximate surface area is 115 Å². The molecule has 0 aliphatic carbocycles. The normalized spacial score (nSPS) is 18.5. The Balaban J connectivity index is 1.80. The van der Waals surface area contributed by atoms with E-state index in [2.05, 4.69) is 41.4 Å². The molecule has 0 saturated carbocycles. The quantitative estimate of drug-likeness (QED) is 0.820. The minimum absolute atomic E-state index is 0.0512. The molecule has 1 atom stereocenters. The number of hydrogen-bond acceptors (Lipinski definition) is 4. The molecule has 1 aliphatic rings. The second-order valence-electron chi connectivity index (χ2n) is 4.69. The summed E-state index contributed by atoms with van der Waals surface area (Å²) in [7, 11) is 0. The van der Waals surface area contributed by atoms with E-state index in [1.54, 1.807) is 0 Å². The van der Waals surface area contributed by atoms with E-state index in [4.69, 9.17) is 4.84 Å². The number of nitrogens with zero attached hydrogens (tertiary/aromatic N) is 2. The zero-order valence-corrected chi connectivity index (χ0v) is 11.8. The van der Waals surface area contributed by atoms with Crippen LogP contribution in [0.4, 0.5) is 0 Å². The van der Waals surface area contributed by atoms with Gasteiger partial charge in [0.05, 0.1) is 0 Å². The first-order valence-corrected chi connectivity index (χ1v) is 7.09. The molecule has 0 aromatic heterocycles. The summed E-state index contributed by atoms with van der Waals surface area (Å²) < 4.78 is 0. The molecule has 0 amide bonds. The van der Waals surface area contributed by atoms with Crippen molar-refractivity contribution in [2.24, 2.45) is 4.99 Å². The van der Waals surface area contributed by atoms with E-state index in [-0.39, 0.29) is 6.17 Å². The van der Waals surface area contributed by atoms with E-state index < -0.39 is 0 Å². The zero-order valence-electron chi connectivity index (χ0n) is 11.8. The largest absolute Gasteiger partial charge is 0.391 e. The molecule has 1 aromatic carbocycles. The fraction of sp³-hybridized carbons (Fsp3) is 0.533. The average Bonchev–Trinajstić information content (AvgIpc) is 2.93. The van der Waals surface area contributed by atoms with Gasteiger partial charge in [-0.25, -0.2) is 4.99 Å². The SMILES string of the molecule is CCN(CC)CCCC1=NC(c2ccccc2)NO1. The third-order valence-corrected chi connectivity index (χ3v) is 3.44. The number of hydroxylamine groups is 1. The Morgan fingerprint density at radius 1 is 1.21 bits per heavy atom. The molecule has 1 heterocycles. The van der Waals surface area contributed by atoms with Crippen LogP contribution in [0.25, 0.3) is 0 Å². The van der Waals surface area contributed by atoms with Crippen molar-refractivity contribution < 1.29 is 4.84 Å². The third-order valence-electron chi connectivity index (χ3n) is 3.44. The van der Waals surface area contributed by atoms with Crippen LogP contribution in [-0.2, 0) is 4.84 Å². The Hall–Kier alpha value is -1.39. The van der Waals surface area contributed by atoms with E-state index in [0.29, 0.717) is 0 Å². The molecule has 1 unspecified atom stereocenters. The smallest absolute Gasteiger partial charge is 0.211 e. The van der Waals surface area contributed by atoms with Crippen LogP contribution in [0, 0.1) is 0 Å². The third kappa shape index (κ3) is 4.04. The summed E-state index contributed by atoms with van der Waals surface area (Å²) in [4.78, 5) is 12.4. The lowest BCUT2D eigenvalue weighted by Crippen LogP contribution is -2.24. The summed E-state index contributed by atoms with van der Waals surface area (Å²) in [5.74, 6) is 0.820. The zero-order chi connectivity index (χ0) is 13.5. The lowest BCUT2D eigenvalue weighted by molar-refractivity contribution is 0.174. The van der Waals surface area contributed by atoms with Gasteiger partial charge in [-0.05, 0) is 31.6 Å². The van der Waals surface area contributed by atoms with Gasteiger partial charge in [0.2, 0.25) is 5.90 Å². The molecule has 0 fully saturated rings. The van der Waals surface area contributed by atoms with Crippen LogP contribution in [0.2, 0.25) is 0 Å². The molecular formula is C15H23N3O. The van der Waals surface area contributed by atoms with Gasteiger partial charge in [0.1, 0.15) is 0 Å². The summed E-state index contributed by atoms with van der Waals surface area (Å²) in [6, 6.07) is 10.2. The van der Waals surface area contributed by atoms with Gasteiger partial charge in [0.15, 0.2) is 6.17 Å². The van der Waals surface area contributed by atoms with Gasteiger partial charge in [0, 0.05) is 6.42 Å². The molecule has 0 radical (unpaired) electrons. The Morgan fingerprint density at radius 2 is 1.95 bits per heavy atom. The molecule has 2 rings (SSSR count). The molecule has 0 saturated heterocycles. The van der Waals surface area contributed by atoms with Crippen molar-refractivity contribution in [1.82, 2.24) is 10.4 Å². The molecule has 19 heavy (non-hydrogen) atoms. The van der Waals surface area contributed by atoms with E-state index >= 15 is 0 Å². The van der Waals surface area contributed by atoms with Crippen LogP contribution in [0.15, 0.2) is 35.3 Å². The second-order valence-corrected chi connectivity index (χ2v) is 4.69. The van der Waals surface area contributed by atoms with Crippen molar-refractivity contribution in [1.29, 1.82) is 0 Å². The lowest BCUT2D eigenvalue weighted by Gasteiger charge is -2.17. The summed E-state index contributed by atoms with van der Waals surface area (Å²) in [5.41, 5.74) is 4.11. The van der Waals surface area contributed by atoms with Gasteiger partial charge >= 0.3 is 0 Å². The maximum Gasteiger partial charge on any atom is 0.211 e. The van der Waals surface area contributed by atoms with Gasteiger partial charge in [-0.15, -0.1) is 5.48 Å². The maximum absolute atomic E-state index is 5.45. The first kappa shape index (κ1) is 14.0. The highest BCUT2D eigenvalue weighted by molar-refractivity contribution is 5.77. The van der Waals surface area contributed by atoms with Crippen molar-refractivity contribution in [3.05, 3.63) is 35.9 Å². The van der Waals surface area contributed by atoms with Crippen molar-refractivity contribution in [2.45, 2.75) is 32.9 Å². The molecule has 1 N–H and O–H groups in total. The average molecular weight is 261 g/mol. The molecule has 0 bridgehead atoms. The highest BCUT2D eigenvalue weighted by Crippen LogP contribution is 2.19. The predicted octanol–water partition coefficient (Wildman–Crippen LogP) is 2.74. The van der Waals surface area contributed by atoms with E-state index in [1.807, 2.05) is 18.2 Å². The van der Waals surface area contributed by atoms with Crippen LogP contribution < -0.4 is 5.48 Å². The number of hydrogen-bond donors (Lipinski definition) is 1. The highest BCUT2D eigenvalue weighted by Gasteiger charge is 2.19. The predicted molar refractivity (Wildman–Crippen MR) is 77.9 cm³/mol. The summed E-state index contributed by atoms with van der Waals surface area (Å²) in [6.45, 7) is 7.70. The highest BCUT2D eigenvalue weighted by atomic mass is 16.7. The molecule has 1 aromatic rings. The van der Waals surface area contributed by atoms with Crippen molar-refractivity contribution in [3.63, 3.8) is 0 Å². The monoisotopic (exact) mass is 261 g/mol. The van der Waals surface area contributed by atoms with Gasteiger partial charge in [0.25, 0.3) is 0 Å². The Kier molecular flexibility index (Phi) is 5.36. The lowest BCUT2D eigenvalue weighted by atomic mass is 10.2. The van der Waals surface area contributed by atoms with Crippen molar-refractivity contribution in [2.75, 3.05) is 19.6 Å². The number of rotatable bonds is 7. The maximum atomic E-state index is 5.45. The minimum Gasteiger partial charge on any atom is -0.391 e. The van der Waals surface area contributed by atoms with Crippen molar-refractivity contribution in [3.8, 4) is 0 Å². The van der Waals surface area contributed by atoms with Crippen LogP contribution in [0.1, 0.15) is 38.4 Å². The summed E-state index contributed by atoms with van der Waals surface area (Å²) in [6.07, 6.45) is 1.93. The van der Waals surface area contributed by atoms with E-state index in [1.165, 1.54) is 0 Å². The molecule has 104 valence electrons. The molecular weight excluding hydrogens is 238 g/mol. The number of aliphatic imine (C=N–C) groups is 1.